The van der Waals surface area contributed by atoms with Crippen LogP contribution in [0.1, 0.15) is 38.2 Å². The Morgan fingerprint density at radius 1 is 1.29 bits per heavy atom. The molecule has 132 valence electrons. The van der Waals surface area contributed by atoms with E-state index in [0.717, 1.165) is 34.8 Å². The van der Waals surface area contributed by atoms with Crippen LogP contribution in [0.25, 0.3) is 0 Å². The summed E-state index contributed by atoms with van der Waals surface area (Å²) in [4.78, 5) is 12.2. The predicted molar refractivity (Wildman–Crippen MR) is 94.2 cm³/mol. The van der Waals surface area contributed by atoms with Crippen molar-refractivity contribution in [1.29, 1.82) is 0 Å². The van der Waals surface area contributed by atoms with Crippen LogP contribution in [0.15, 0.2) is 34.3 Å². The van der Waals surface area contributed by atoms with Crippen molar-refractivity contribution in [1.82, 2.24) is 9.73 Å². The number of carbonyl (C=O) groups excluding carboxylic acids is 1. The molecule has 0 radical (unpaired) electrons. The van der Waals surface area contributed by atoms with Gasteiger partial charge < -0.3 is 0 Å². The Morgan fingerprint density at radius 3 is 2.58 bits per heavy atom. The number of amides is 1. The monoisotopic (exact) mass is 351 g/mol. The molecule has 1 fully saturated rings. The lowest BCUT2D eigenvalue weighted by Crippen LogP contribution is -2.37. The number of nitrogens with zero attached hydrogens (tertiary/aromatic N) is 2. The molecule has 1 aromatic rings. The van der Waals surface area contributed by atoms with Crippen molar-refractivity contribution in [2.75, 3.05) is 13.6 Å². The zero-order valence-corrected chi connectivity index (χ0v) is 15.3. The number of carbonyl (C=O) groups is 1. The maximum Gasteiger partial charge on any atom is 0.255 e. The average molecular weight is 351 g/mol. The zero-order valence-electron chi connectivity index (χ0n) is 14.4. The van der Waals surface area contributed by atoms with Gasteiger partial charge in [-0.15, -0.1) is 0 Å². The van der Waals surface area contributed by atoms with Crippen molar-refractivity contribution < 1.29 is 13.2 Å². The minimum absolute atomic E-state index is 0.176. The molecule has 0 aromatic heterocycles. The molecule has 0 heterocycles. The highest BCUT2D eigenvalue weighted by atomic mass is 32.2. The van der Waals surface area contributed by atoms with E-state index >= 15 is 0 Å². The normalized spacial score (nSPS) is 20.3. The number of hydrogen-bond donors (Lipinski definition) is 1. The fraction of sp³-hybridized carbons (Fsp3) is 0.529. The van der Waals surface area contributed by atoms with E-state index in [4.69, 9.17) is 0 Å². The summed E-state index contributed by atoms with van der Waals surface area (Å²) in [6.07, 6.45) is 4.24. The van der Waals surface area contributed by atoms with Crippen LogP contribution < -0.4 is 5.43 Å². The second-order valence-corrected chi connectivity index (χ2v) is 8.40. The van der Waals surface area contributed by atoms with Gasteiger partial charge in [-0.1, -0.05) is 31.0 Å². The molecule has 1 saturated carbocycles. The molecule has 2 rings (SSSR count). The summed E-state index contributed by atoms with van der Waals surface area (Å²) < 4.78 is 25.9. The van der Waals surface area contributed by atoms with Gasteiger partial charge in [0, 0.05) is 12.8 Å². The van der Waals surface area contributed by atoms with Crippen LogP contribution in [-0.4, -0.2) is 37.9 Å². The molecule has 7 heteroatoms. The quantitative estimate of drug-likeness (QED) is 0.827. The van der Waals surface area contributed by atoms with Crippen LogP contribution in [0.2, 0.25) is 0 Å². The number of hydrazone groups is 1. The number of aryl methyl sites for hydroxylation is 1. The summed E-state index contributed by atoms with van der Waals surface area (Å²) in [5, 5.41) is 4.18. The summed E-state index contributed by atoms with van der Waals surface area (Å²) in [5.74, 6) is -0.0634. The van der Waals surface area contributed by atoms with E-state index < -0.39 is 15.9 Å². The van der Waals surface area contributed by atoms with Gasteiger partial charge in [0.2, 0.25) is 10.0 Å². The number of nitrogens with one attached hydrogen (secondary N) is 1. The molecule has 1 aliphatic carbocycles. The van der Waals surface area contributed by atoms with Gasteiger partial charge in [-0.05, 0) is 44.2 Å². The van der Waals surface area contributed by atoms with Crippen LogP contribution in [0, 0.1) is 12.8 Å². The Hall–Kier alpha value is -1.73. The fourth-order valence-corrected chi connectivity index (χ4v) is 3.81. The van der Waals surface area contributed by atoms with E-state index in [0.29, 0.717) is 5.92 Å². The van der Waals surface area contributed by atoms with Gasteiger partial charge in [-0.25, -0.2) is 13.8 Å². The third-order valence-corrected chi connectivity index (χ3v) is 6.13. The standard InChI is InChI=1S/C17H25N3O3S/c1-13-8-10-15(11-9-13)24(22,23)20(3)12-17(21)19-18-16-7-5-4-6-14(16)2/h8-11,14H,4-7,12H2,1-3H3,(H,19,21)/b18-16-/t14-/m0/s1. The molecule has 0 spiro atoms. The molecule has 1 aromatic carbocycles. The van der Waals surface area contributed by atoms with Crippen LogP contribution in [0.4, 0.5) is 0 Å². The Labute approximate surface area is 144 Å². The molecular formula is C17H25N3O3S. The Balaban J connectivity index is 1.97. The number of sulfonamides is 1. The molecule has 1 aliphatic rings. The van der Waals surface area contributed by atoms with E-state index in [1.807, 2.05) is 6.92 Å². The molecule has 24 heavy (non-hydrogen) atoms. The van der Waals surface area contributed by atoms with Gasteiger partial charge in [-0.2, -0.15) is 9.41 Å². The number of hydrogen-bond acceptors (Lipinski definition) is 4. The van der Waals surface area contributed by atoms with E-state index in [9.17, 15) is 13.2 Å². The molecule has 0 saturated heterocycles. The molecule has 0 bridgehead atoms. The van der Waals surface area contributed by atoms with Crippen molar-refractivity contribution in [2.24, 2.45) is 11.0 Å². The molecule has 0 aliphatic heterocycles. The first kappa shape index (κ1) is 18.6. The lowest BCUT2D eigenvalue weighted by atomic mass is 9.89. The van der Waals surface area contributed by atoms with Gasteiger partial charge in [0.25, 0.3) is 5.91 Å². The van der Waals surface area contributed by atoms with E-state index in [1.165, 1.54) is 13.5 Å². The second kappa shape index (κ2) is 7.90. The van der Waals surface area contributed by atoms with Crippen LogP contribution in [-0.2, 0) is 14.8 Å². The van der Waals surface area contributed by atoms with Crippen molar-refractivity contribution in [3.63, 3.8) is 0 Å². The Bertz CT molecular complexity index is 711. The van der Waals surface area contributed by atoms with Gasteiger partial charge >= 0.3 is 0 Å². The number of rotatable bonds is 5. The zero-order chi connectivity index (χ0) is 17.7. The lowest BCUT2D eigenvalue weighted by Gasteiger charge is -2.20. The minimum Gasteiger partial charge on any atom is -0.272 e. The molecule has 1 N–H and O–H groups in total. The molecular weight excluding hydrogens is 326 g/mol. The smallest absolute Gasteiger partial charge is 0.255 e. The molecule has 6 nitrogen and oxygen atoms in total. The topological polar surface area (TPSA) is 78.8 Å². The highest BCUT2D eigenvalue weighted by Gasteiger charge is 2.23. The van der Waals surface area contributed by atoms with Crippen molar-refractivity contribution in [3.8, 4) is 0 Å². The first-order chi connectivity index (χ1) is 11.3. The summed E-state index contributed by atoms with van der Waals surface area (Å²) in [6.45, 7) is 3.72. The van der Waals surface area contributed by atoms with Gasteiger partial charge in [0.15, 0.2) is 0 Å². The van der Waals surface area contributed by atoms with Crippen molar-refractivity contribution in [2.45, 2.75) is 44.4 Å². The van der Waals surface area contributed by atoms with Crippen LogP contribution in [0.5, 0.6) is 0 Å². The first-order valence-corrected chi connectivity index (χ1v) is 9.63. The Morgan fingerprint density at radius 2 is 1.96 bits per heavy atom. The Kier molecular flexibility index (Phi) is 6.12. The van der Waals surface area contributed by atoms with Crippen molar-refractivity contribution >= 4 is 21.6 Å². The second-order valence-electron chi connectivity index (χ2n) is 6.36. The van der Waals surface area contributed by atoms with Gasteiger partial charge in [0.05, 0.1) is 11.4 Å². The highest BCUT2D eigenvalue weighted by molar-refractivity contribution is 7.89. The fourth-order valence-electron chi connectivity index (χ4n) is 2.68. The highest BCUT2D eigenvalue weighted by Crippen LogP contribution is 2.20. The molecule has 1 atom stereocenters. The molecule has 0 unspecified atom stereocenters. The first-order valence-electron chi connectivity index (χ1n) is 8.19. The van der Waals surface area contributed by atoms with Crippen LogP contribution in [0.3, 0.4) is 0 Å². The van der Waals surface area contributed by atoms with Gasteiger partial charge in [-0.3, -0.25) is 4.79 Å². The summed E-state index contributed by atoms with van der Waals surface area (Å²) in [7, 11) is -2.29. The predicted octanol–water partition coefficient (Wildman–Crippen LogP) is 2.30. The number of likely N-dealkylation sites (N-methyl/N-ethyl adjacent to an activating group) is 1. The maximum absolute atomic E-state index is 12.4. The number of benzene rings is 1. The summed E-state index contributed by atoms with van der Waals surface area (Å²) in [6, 6.07) is 6.56. The maximum atomic E-state index is 12.4. The SMILES string of the molecule is Cc1ccc(S(=O)(=O)N(C)CC(=O)N/N=C2/CCCC[C@@H]2C)cc1. The van der Waals surface area contributed by atoms with E-state index in [1.54, 1.807) is 24.3 Å². The largest absolute Gasteiger partial charge is 0.272 e. The lowest BCUT2D eigenvalue weighted by molar-refractivity contribution is -0.121. The minimum atomic E-state index is -3.68. The third kappa shape index (κ3) is 4.64. The van der Waals surface area contributed by atoms with E-state index in [2.05, 4.69) is 17.5 Å². The van der Waals surface area contributed by atoms with E-state index in [-0.39, 0.29) is 11.4 Å². The molecule has 1 amide bonds. The van der Waals surface area contributed by atoms with Crippen LogP contribution >= 0.6 is 0 Å². The van der Waals surface area contributed by atoms with Gasteiger partial charge in [0.1, 0.15) is 0 Å². The summed E-state index contributed by atoms with van der Waals surface area (Å²) in [5.41, 5.74) is 4.45. The third-order valence-electron chi connectivity index (χ3n) is 4.31. The van der Waals surface area contributed by atoms with Crippen molar-refractivity contribution in [3.05, 3.63) is 29.8 Å². The average Bonchev–Trinajstić information content (AvgIpc) is 2.54. The summed E-state index contributed by atoms with van der Waals surface area (Å²) >= 11 is 0.